The van der Waals surface area contributed by atoms with Crippen molar-refractivity contribution in [1.82, 2.24) is 0 Å². The Morgan fingerprint density at radius 3 is 1.93 bits per heavy atom. The Balaban J connectivity index is 0.000000364. The first-order valence-electron chi connectivity index (χ1n) is 3.58. The van der Waals surface area contributed by atoms with Gasteiger partial charge in [0.05, 0.1) is 0 Å². The van der Waals surface area contributed by atoms with E-state index in [1.807, 2.05) is 24.3 Å². The molecular weight excluding hydrogens is 213 g/mol. The molecule has 1 aromatic rings. The normalized spacial score (nSPS) is 8.21. The Kier molecular flexibility index (Phi) is 6.68. The molecule has 0 fully saturated rings. The molecule has 0 unspecified atom stereocenters. The maximum Gasteiger partial charge on any atom is 0.762 e. The standard InChI is InChI=1S/C8H7ClN.BF3/c1-10-8-4-2-7(6-9)3-5-8;2-1(3)4/h1-5H,6H2;/q+1;. The van der Waals surface area contributed by atoms with Gasteiger partial charge in [0.2, 0.25) is 0 Å². The maximum absolute atomic E-state index is 9.67. The molecule has 0 saturated carbocycles. The molecule has 0 spiro atoms. The van der Waals surface area contributed by atoms with Gasteiger partial charge in [-0.25, -0.2) is 0 Å². The fraction of sp³-hybridized carbons (Fsp3) is 0.125. The highest BCUT2D eigenvalue weighted by atomic mass is 35.5. The Labute approximate surface area is 85.5 Å². The molecule has 0 heterocycles. The van der Waals surface area contributed by atoms with Crippen LogP contribution in [0, 0.1) is 6.57 Å². The lowest BCUT2D eigenvalue weighted by molar-refractivity contribution is 0.535. The van der Waals surface area contributed by atoms with Crippen LogP contribution in [0.4, 0.5) is 18.6 Å². The zero-order valence-corrected chi connectivity index (χ0v) is 7.89. The predicted octanol–water partition coefficient (Wildman–Crippen LogP) is 3.90. The first kappa shape index (κ1) is 12.9. The van der Waals surface area contributed by atoms with E-state index >= 15 is 0 Å². The summed E-state index contributed by atoms with van der Waals surface area (Å²) >= 11 is 5.56. The molecule has 1 aromatic carbocycles. The Morgan fingerprint density at radius 1 is 1.21 bits per heavy atom. The van der Waals surface area contributed by atoms with E-state index in [9.17, 15) is 12.9 Å². The molecule has 0 amide bonds. The van der Waals surface area contributed by atoms with E-state index in [4.69, 9.17) is 18.2 Å². The minimum atomic E-state index is -3.67. The summed E-state index contributed by atoms with van der Waals surface area (Å²) in [6, 6.07) is 7.47. The zero-order valence-electron chi connectivity index (χ0n) is 7.13. The summed E-state index contributed by atoms with van der Waals surface area (Å²) in [6.45, 7) is 5.03. The molecule has 14 heavy (non-hydrogen) atoms. The second kappa shape index (κ2) is 7.28. The first-order chi connectivity index (χ1) is 6.60. The fourth-order valence-electron chi connectivity index (χ4n) is 0.671. The van der Waals surface area contributed by atoms with Crippen molar-refractivity contribution in [3.8, 4) is 6.57 Å². The number of halogens is 4. The summed E-state index contributed by atoms with van der Waals surface area (Å²) in [5.41, 5.74) is 1.85. The quantitative estimate of drug-likeness (QED) is 0.499. The van der Waals surface area contributed by atoms with Gasteiger partial charge in [-0.1, -0.05) is 0 Å². The largest absolute Gasteiger partial charge is 0.762 e. The fourth-order valence-corrected chi connectivity index (χ4v) is 0.849. The third-order valence-electron chi connectivity index (χ3n) is 1.24. The molecule has 0 atom stereocenters. The monoisotopic (exact) mass is 220 g/mol. The molecule has 1 nitrogen and oxygen atoms in total. The van der Waals surface area contributed by atoms with Crippen LogP contribution in [0.15, 0.2) is 24.3 Å². The number of benzene rings is 1. The SMILES string of the molecule is C#[N+]c1ccc(CCl)cc1.FB(F)F. The molecule has 0 radical (unpaired) electrons. The van der Waals surface area contributed by atoms with E-state index in [2.05, 4.69) is 4.85 Å². The van der Waals surface area contributed by atoms with Crippen molar-refractivity contribution in [2.75, 3.05) is 0 Å². The molecule has 0 bridgehead atoms. The van der Waals surface area contributed by atoms with Crippen LogP contribution in [-0.4, -0.2) is 7.54 Å². The lowest BCUT2D eigenvalue weighted by Crippen LogP contribution is -1.76. The van der Waals surface area contributed by atoms with Gasteiger partial charge in [0, 0.05) is 18.0 Å². The second-order valence-electron chi connectivity index (χ2n) is 2.18. The van der Waals surface area contributed by atoms with E-state index in [-0.39, 0.29) is 0 Å². The van der Waals surface area contributed by atoms with Gasteiger partial charge in [0.1, 0.15) is 0 Å². The van der Waals surface area contributed by atoms with Crippen molar-refractivity contribution in [1.29, 1.82) is 0 Å². The van der Waals surface area contributed by atoms with Crippen LogP contribution in [0.25, 0.3) is 4.85 Å². The molecule has 0 aliphatic rings. The number of alkyl halides is 1. The lowest BCUT2D eigenvalue weighted by Gasteiger charge is -1.87. The molecular formula is C8H7BClF3N+. The highest BCUT2D eigenvalue weighted by molar-refractivity contribution is 6.33. The third kappa shape index (κ3) is 6.38. The summed E-state index contributed by atoms with van der Waals surface area (Å²) in [6.07, 6.45) is 0. The van der Waals surface area contributed by atoms with Crippen molar-refractivity contribution in [2.45, 2.75) is 5.88 Å². The van der Waals surface area contributed by atoms with Crippen LogP contribution >= 0.6 is 11.6 Å². The van der Waals surface area contributed by atoms with E-state index in [0.29, 0.717) is 5.88 Å². The predicted molar refractivity (Wildman–Crippen MR) is 53.0 cm³/mol. The highest BCUT2D eigenvalue weighted by Crippen LogP contribution is 2.13. The van der Waals surface area contributed by atoms with E-state index in [0.717, 1.165) is 11.3 Å². The van der Waals surface area contributed by atoms with Crippen LogP contribution in [0.3, 0.4) is 0 Å². The number of rotatable bonds is 1. The van der Waals surface area contributed by atoms with Crippen molar-refractivity contribution in [3.05, 3.63) is 34.7 Å². The van der Waals surface area contributed by atoms with Gasteiger partial charge in [0.15, 0.2) is 0 Å². The molecule has 0 N–H and O–H groups in total. The topological polar surface area (TPSA) is 4.36 Å². The summed E-state index contributed by atoms with van der Waals surface area (Å²) < 4.78 is 29.0. The van der Waals surface area contributed by atoms with Gasteiger partial charge in [-0.3, -0.25) is 12.9 Å². The zero-order chi connectivity index (χ0) is 11.0. The van der Waals surface area contributed by atoms with Crippen LogP contribution in [-0.2, 0) is 5.88 Å². The van der Waals surface area contributed by atoms with Crippen LogP contribution < -0.4 is 0 Å². The number of hydrogen-bond acceptors (Lipinski definition) is 0. The van der Waals surface area contributed by atoms with Crippen molar-refractivity contribution in [2.24, 2.45) is 0 Å². The van der Waals surface area contributed by atoms with Gasteiger partial charge in [0.25, 0.3) is 6.57 Å². The van der Waals surface area contributed by atoms with Crippen molar-refractivity contribution >= 4 is 24.8 Å². The van der Waals surface area contributed by atoms with Crippen LogP contribution in [0.5, 0.6) is 0 Å². The minimum absolute atomic E-state index is 0.533. The molecule has 1 rings (SSSR count). The smallest absolute Gasteiger partial charge is 0.254 e. The van der Waals surface area contributed by atoms with E-state index in [1.54, 1.807) is 0 Å². The Morgan fingerprint density at radius 2 is 1.64 bits per heavy atom. The second-order valence-corrected chi connectivity index (χ2v) is 2.44. The average molecular weight is 220 g/mol. The van der Waals surface area contributed by atoms with Gasteiger partial charge in [-0.05, 0) is 22.5 Å². The van der Waals surface area contributed by atoms with E-state index in [1.165, 1.54) is 0 Å². The first-order valence-corrected chi connectivity index (χ1v) is 4.11. The molecule has 0 aliphatic heterocycles. The van der Waals surface area contributed by atoms with Gasteiger partial charge in [-0.15, -0.1) is 11.6 Å². The summed E-state index contributed by atoms with van der Waals surface area (Å²) in [5, 5.41) is 0. The molecule has 0 saturated heterocycles. The van der Waals surface area contributed by atoms with Gasteiger partial charge >= 0.3 is 13.2 Å². The number of nitrogens with zero attached hydrogens (tertiary/aromatic N) is 1. The van der Waals surface area contributed by atoms with Crippen molar-refractivity contribution < 1.29 is 12.9 Å². The average Bonchev–Trinajstić information content (AvgIpc) is 2.17. The van der Waals surface area contributed by atoms with Crippen molar-refractivity contribution in [3.63, 3.8) is 0 Å². The Hall–Kier alpha value is -1.15. The minimum Gasteiger partial charge on any atom is -0.254 e. The third-order valence-corrected chi connectivity index (χ3v) is 1.55. The molecule has 74 valence electrons. The molecule has 6 heteroatoms. The summed E-state index contributed by atoms with van der Waals surface area (Å²) in [5.74, 6) is 0.533. The van der Waals surface area contributed by atoms with Crippen LogP contribution in [0.1, 0.15) is 5.56 Å². The number of hydrogen-bond donors (Lipinski definition) is 0. The highest BCUT2D eigenvalue weighted by Gasteiger charge is 2.06. The summed E-state index contributed by atoms with van der Waals surface area (Å²) in [4.78, 5) is 3.50. The van der Waals surface area contributed by atoms with E-state index < -0.39 is 7.54 Å². The van der Waals surface area contributed by atoms with Crippen LogP contribution in [0.2, 0.25) is 0 Å². The van der Waals surface area contributed by atoms with Gasteiger partial charge < -0.3 is 0 Å². The maximum atomic E-state index is 9.67. The molecule has 0 aromatic heterocycles. The Bertz CT molecular complexity index is 294. The lowest BCUT2D eigenvalue weighted by atomic mass is 10.2. The molecule has 0 aliphatic carbocycles. The summed E-state index contributed by atoms with van der Waals surface area (Å²) in [7, 11) is -3.67. The van der Waals surface area contributed by atoms with Gasteiger partial charge in [-0.2, -0.15) is 0 Å².